The van der Waals surface area contributed by atoms with Crippen LogP contribution < -0.4 is 5.32 Å². The Kier molecular flexibility index (Phi) is 4.78. The summed E-state index contributed by atoms with van der Waals surface area (Å²) < 4.78 is 10.3. The fraction of sp³-hybridized carbons (Fsp3) is 0.556. The Balaban J connectivity index is 1.51. The zero-order chi connectivity index (χ0) is 16.3. The molecule has 2 unspecified atom stereocenters. The van der Waals surface area contributed by atoms with Gasteiger partial charge in [0.25, 0.3) is 0 Å². The minimum atomic E-state index is 0.253. The van der Waals surface area contributed by atoms with Crippen molar-refractivity contribution in [1.29, 1.82) is 0 Å². The highest BCUT2D eigenvalue weighted by Gasteiger charge is 2.47. The van der Waals surface area contributed by atoms with Gasteiger partial charge >= 0.3 is 0 Å². The second kappa shape index (κ2) is 6.81. The summed E-state index contributed by atoms with van der Waals surface area (Å²) in [6.07, 6.45) is 5.86. The number of nitrogens with one attached hydrogen (secondary N) is 1. The van der Waals surface area contributed by atoms with Crippen molar-refractivity contribution in [3.8, 4) is 0 Å². The van der Waals surface area contributed by atoms with Gasteiger partial charge in [-0.15, -0.1) is 0 Å². The van der Waals surface area contributed by atoms with E-state index in [0.29, 0.717) is 18.6 Å². The number of ether oxygens (including phenoxy) is 1. The van der Waals surface area contributed by atoms with E-state index in [0.717, 1.165) is 24.4 Å². The number of aromatic nitrogens is 2. The molecule has 0 bridgehead atoms. The lowest BCUT2D eigenvalue weighted by Crippen LogP contribution is -2.57. The van der Waals surface area contributed by atoms with Crippen molar-refractivity contribution in [2.45, 2.75) is 45.9 Å². The minimum Gasteiger partial charge on any atom is -0.377 e. The topological polar surface area (TPSA) is 60.2 Å². The van der Waals surface area contributed by atoms with E-state index < -0.39 is 0 Å². The zero-order valence-electron chi connectivity index (χ0n) is 14.1. The molecular weight excluding hydrogens is 290 g/mol. The molecular formula is C18H25N3O2. The number of nitrogens with zero attached hydrogens (tertiary/aromatic N) is 2. The van der Waals surface area contributed by atoms with E-state index >= 15 is 0 Å². The van der Waals surface area contributed by atoms with Crippen LogP contribution in [0.1, 0.15) is 37.3 Å². The van der Waals surface area contributed by atoms with Crippen molar-refractivity contribution in [1.82, 2.24) is 15.5 Å². The van der Waals surface area contributed by atoms with Crippen molar-refractivity contribution in [2.75, 3.05) is 7.11 Å². The summed E-state index contributed by atoms with van der Waals surface area (Å²) in [5.74, 6) is 1.42. The molecule has 1 saturated carbocycles. The smallest absolute Gasteiger partial charge is 0.162 e. The number of hydrogen-bond donors (Lipinski definition) is 1. The van der Waals surface area contributed by atoms with E-state index in [9.17, 15) is 0 Å². The zero-order valence-corrected chi connectivity index (χ0v) is 14.1. The van der Waals surface area contributed by atoms with E-state index in [-0.39, 0.29) is 5.41 Å². The van der Waals surface area contributed by atoms with Gasteiger partial charge in [-0.3, -0.25) is 4.98 Å². The first-order chi connectivity index (χ1) is 11.1. The molecule has 2 heterocycles. The fourth-order valence-corrected chi connectivity index (χ4v) is 3.37. The second-order valence-corrected chi connectivity index (χ2v) is 6.97. The normalized spacial score (nSPS) is 22.7. The molecule has 3 rings (SSSR count). The maximum atomic E-state index is 5.28. The highest BCUT2D eigenvalue weighted by Crippen LogP contribution is 2.47. The standard InChI is InChI=1S/C18H25N3O2/c1-18(2)14(7-15-9-16(12-22-3)23-21-15)8-17(18)20-11-13-5-4-6-19-10-13/h4-6,9-10,14,17,20H,7-8,11-12H2,1-3H3. The Morgan fingerprint density at radius 2 is 2.30 bits per heavy atom. The number of pyridine rings is 1. The maximum absolute atomic E-state index is 5.28. The SMILES string of the molecule is COCc1cc(CC2CC(NCc3cccnc3)C2(C)C)no1. The van der Waals surface area contributed by atoms with Gasteiger partial charge in [0.15, 0.2) is 5.76 Å². The van der Waals surface area contributed by atoms with Crippen molar-refractivity contribution >= 4 is 0 Å². The average molecular weight is 315 g/mol. The van der Waals surface area contributed by atoms with Gasteiger partial charge in [-0.25, -0.2) is 0 Å². The van der Waals surface area contributed by atoms with Crippen LogP contribution in [0.15, 0.2) is 35.1 Å². The summed E-state index contributed by atoms with van der Waals surface area (Å²) in [6.45, 7) is 6.02. The molecule has 0 saturated heterocycles. The summed E-state index contributed by atoms with van der Waals surface area (Å²) in [5, 5.41) is 7.82. The van der Waals surface area contributed by atoms with Crippen LogP contribution in [0.25, 0.3) is 0 Å². The summed E-state index contributed by atoms with van der Waals surface area (Å²) in [5.41, 5.74) is 2.51. The largest absolute Gasteiger partial charge is 0.377 e. The number of rotatable bonds is 7. The third-order valence-corrected chi connectivity index (χ3v) is 5.10. The lowest BCUT2D eigenvalue weighted by molar-refractivity contribution is 0.0124. The van der Waals surface area contributed by atoms with Crippen LogP contribution in [0.5, 0.6) is 0 Å². The third kappa shape index (κ3) is 3.62. The first kappa shape index (κ1) is 16.1. The highest BCUT2D eigenvalue weighted by atomic mass is 16.5. The van der Waals surface area contributed by atoms with Crippen molar-refractivity contribution < 1.29 is 9.26 Å². The Morgan fingerprint density at radius 3 is 3.00 bits per heavy atom. The van der Waals surface area contributed by atoms with Crippen molar-refractivity contribution in [2.24, 2.45) is 11.3 Å². The van der Waals surface area contributed by atoms with Crippen LogP contribution in [0.3, 0.4) is 0 Å². The van der Waals surface area contributed by atoms with E-state index in [2.05, 4.69) is 35.4 Å². The Hall–Kier alpha value is -1.72. The molecule has 0 aromatic carbocycles. The predicted octanol–water partition coefficient (Wildman–Crippen LogP) is 2.96. The van der Waals surface area contributed by atoms with Crippen LogP contribution in [0.4, 0.5) is 0 Å². The molecule has 5 nitrogen and oxygen atoms in total. The van der Waals surface area contributed by atoms with Crippen LogP contribution in [0.2, 0.25) is 0 Å². The molecule has 2 aromatic rings. The lowest BCUT2D eigenvalue weighted by Gasteiger charge is -2.52. The van der Waals surface area contributed by atoms with E-state index in [4.69, 9.17) is 9.26 Å². The monoisotopic (exact) mass is 315 g/mol. The quantitative estimate of drug-likeness (QED) is 0.851. The van der Waals surface area contributed by atoms with Crippen molar-refractivity contribution in [3.63, 3.8) is 0 Å². The van der Waals surface area contributed by atoms with Crippen LogP contribution in [-0.2, 0) is 24.3 Å². The van der Waals surface area contributed by atoms with Gasteiger partial charge in [0.1, 0.15) is 6.61 Å². The maximum Gasteiger partial charge on any atom is 0.162 e. The van der Waals surface area contributed by atoms with Gasteiger partial charge in [0.2, 0.25) is 0 Å². The fourth-order valence-electron chi connectivity index (χ4n) is 3.37. The lowest BCUT2D eigenvalue weighted by atomic mass is 9.57. The van der Waals surface area contributed by atoms with Crippen LogP contribution >= 0.6 is 0 Å². The molecule has 0 spiro atoms. The molecule has 2 atom stereocenters. The average Bonchev–Trinajstić information content (AvgIpc) is 2.99. The molecule has 2 aromatic heterocycles. The minimum absolute atomic E-state index is 0.253. The van der Waals surface area contributed by atoms with E-state index in [1.165, 1.54) is 12.0 Å². The van der Waals surface area contributed by atoms with Crippen LogP contribution in [-0.4, -0.2) is 23.3 Å². The summed E-state index contributed by atoms with van der Waals surface area (Å²) in [4.78, 5) is 4.16. The van der Waals surface area contributed by atoms with Gasteiger partial charge in [0, 0.05) is 38.2 Å². The molecule has 0 aliphatic heterocycles. The number of methoxy groups -OCH3 is 1. The first-order valence-corrected chi connectivity index (χ1v) is 8.15. The predicted molar refractivity (Wildman–Crippen MR) is 87.7 cm³/mol. The molecule has 1 N–H and O–H groups in total. The van der Waals surface area contributed by atoms with Gasteiger partial charge in [-0.1, -0.05) is 25.1 Å². The Morgan fingerprint density at radius 1 is 1.43 bits per heavy atom. The molecule has 1 fully saturated rings. The molecule has 1 aliphatic carbocycles. The Labute approximate surface area is 137 Å². The molecule has 23 heavy (non-hydrogen) atoms. The van der Waals surface area contributed by atoms with E-state index in [1.807, 2.05) is 24.5 Å². The third-order valence-electron chi connectivity index (χ3n) is 5.10. The highest BCUT2D eigenvalue weighted by molar-refractivity contribution is 5.13. The molecule has 1 aliphatic rings. The van der Waals surface area contributed by atoms with Gasteiger partial charge in [-0.05, 0) is 35.8 Å². The summed E-state index contributed by atoms with van der Waals surface area (Å²) in [6, 6.07) is 6.62. The summed E-state index contributed by atoms with van der Waals surface area (Å²) >= 11 is 0. The Bertz CT molecular complexity index is 624. The van der Waals surface area contributed by atoms with Crippen LogP contribution in [0, 0.1) is 11.3 Å². The summed E-state index contributed by atoms with van der Waals surface area (Å²) in [7, 11) is 1.66. The molecule has 0 radical (unpaired) electrons. The second-order valence-electron chi connectivity index (χ2n) is 6.97. The van der Waals surface area contributed by atoms with E-state index in [1.54, 1.807) is 7.11 Å². The van der Waals surface area contributed by atoms with Gasteiger partial charge < -0.3 is 14.6 Å². The van der Waals surface area contributed by atoms with Gasteiger partial charge in [0.05, 0.1) is 5.69 Å². The van der Waals surface area contributed by atoms with Crippen molar-refractivity contribution in [3.05, 3.63) is 47.6 Å². The molecule has 0 amide bonds. The first-order valence-electron chi connectivity index (χ1n) is 8.15. The molecule has 5 heteroatoms. The van der Waals surface area contributed by atoms with Gasteiger partial charge in [-0.2, -0.15) is 0 Å². The molecule has 124 valence electrons. The number of hydrogen-bond acceptors (Lipinski definition) is 5.